The third-order valence-corrected chi connectivity index (χ3v) is 7.85. The van der Waals surface area contributed by atoms with Crippen molar-refractivity contribution in [2.75, 3.05) is 18.4 Å². The SMILES string of the molecule is Cc1cc(C)c2ccc(NC(=O)N[C@@H]3CCC[C@H]3N3CCC(Cc4ccc(Cl)cc4)CC3)nc2n1. The first-order valence-electron chi connectivity index (χ1n) is 12.8. The Bertz CT molecular complexity index is 1190. The highest BCUT2D eigenvalue weighted by Crippen LogP contribution is 2.30. The molecular weight excluding hydrogens is 458 g/mol. The zero-order chi connectivity index (χ0) is 24.4. The average molecular weight is 492 g/mol. The van der Waals surface area contributed by atoms with Crippen molar-refractivity contribution < 1.29 is 4.79 Å². The van der Waals surface area contributed by atoms with E-state index >= 15 is 0 Å². The number of rotatable bonds is 5. The first-order chi connectivity index (χ1) is 16.9. The molecule has 35 heavy (non-hydrogen) atoms. The molecule has 1 aromatic carbocycles. The van der Waals surface area contributed by atoms with Crippen molar-refractivity contribution in [1.29, 1.82) is 0 Å². The molecule has 0 unspecified atom stereocenters. The minimum Gasteiger partial charge on any atom is -0.334 e. The van der Waals surface area contributed by atoms with Crippen LogP contribution in [-0.2, 0) is 6.42 Å². The van der Waals surface area contributed by atoms with E-state index in [1.165, 1.54) is 18.4 Å². The lowest BCUT2D eigenvalue weighted by Gasteiger charge is -2.38. The Morgan fingerprint density at radius 1 is 1.03 bits per heavy atom. The van der Waals surface area contributed by atoms with Crippen LogP contribution in [0.1, 0.15) is 48.9 Å². The van der Waals surface area contributed by atoms with Gasteiger partial charge in [-0.2, -0.15) is 0 Å². The standard InChI is InChI=1S/C28H34ClN5O/c1-18-16-19(2)30-27-23(18)10-11-26(32-27)33-28(35)31-24-4-3-5-25(24)34-14-12-21(13-15-34)17-20-6-8-22(29)9-7-20/h6-11,16,21,24-25H,3-5,12-15,17H2,1-2H3,(H2,30,31,32,33,35)/t24-,25-/m1/s1. The van der Waals surface area contributed by atoms with Gasteiger partial charge >= 0.3 is 6.03 Å². The van der Waals surface area contributed by atoms with E-state index in [2.05, 4.69) is 44.6 Å². The van der Waals surface area contributed by atoms with Crippen molar-refractivity contribution in [2.45, 2.75) is 64.5 Å². The molecule has 5 rings (SSSR count). The molecule has 2 fully saturated rings. The molecule has 2 N–H and O–H groups in total. The number of benzene rings is 1. The van der Waals surface area contributed by atoms with Crippen LogP contribution in [0.4, 0.5) is 10.6 Å². The van der Waals surface area contributed by atoms with Crippen LogP contribution < -0.4 is 10.6 Å². The molecule has 1 saturated carbocycles. The number of piperidine rings is 1. The van der Waals surface area contributed by atoms with E-state index in [0.717, 1.165) is 60.4 Å². The van der Waals surface area contributed by atoms with Crippen LogP contribution in [0.5, 0.6) is 0 Å². The number of anilines is 1. The minimum atomic E-state index is -0.184. The van der Waals surface area contributed by atoms with Gasteiger partial charge in [0.25, 0.3) is 0 Å². The zero-order valence-corrected chi connectivity index (χ0v) is 21.3. The Balaban J connectivity index is 1.15. The summed E-state index contributed by atoms with van der Waals surface area (Å²) in [6.45, 7) is 6.21. The Labute approximate surface area is 212 Å². The monoisotopic (exact) mass is 491 g/mol. The Morgan fingerprint density at radius 3 is 2.57 bits per heavy atom. The van der Waals surface area contributed by atoms with Gasteiger partial charge in [-0.05, 0) is 113 Å². The lowest BCUT2D eigenvalue weighted by Crippen LogP contribution is -2.52. The normalized spacial score (nSPS) is 21.3. The predicted molar refractivity (Wildman–Crippen MR) is 142 cm³/mol. The number of likely N-dealkylation sites (tertiary alicyclic amines) is 1. The fourth-order valence-electron chi connectivity index (χ4n) is 5.81. The van der Waals surface area contributed by atoms with Crippen LogP contribution in [0.2, 0.25) is 5.02 Å². The van der Waals surface area contributed by atoms with Gasteiger partial charge in [-0.25, -0.2) is 14.8 Å². The smallest absolute Gasteiger partial charge is 0.320 e. The lowest BCUT2D eigenvalue weighted by atomic mass is 9.89. The summed E-state index contributed by atoms with van der Waals surface area (Å²) in [6, 6.07) is 14.5. The maximum atomic E-state index is 12.8. The third-order valence-electron chi connectivity index (χ3n) is 7.60. The number of urea groups is 1. The highest BCUT2D eigenvalue weighted by atomic mass is 35.5. The number of halogens is 1. The van der Waals surface area contributed by atoms with Gasteiger partial charge in [-0.15, -0.1) is 0 Å². The number of carbonyl (C=O) groups is 1. The van der Waals surface area contributed by atoms with E-state index < -0.39 is 0 Å². The highest BCUT2D eigenvalue weighted by molar-refractivity contribution is 6.30. The van der Waals surface area contributed by atoms with Gasteiger partial charge in [0.05, 0.1) is 0 Å². The third kappa shape index (κ3) is 5.76. The number of nitrogens with one attached hydrogen (secondary N) is 2. The molecule has 2 aromatic heterocycles. The van der Waals surface area contributed by atoms with Crippen LogP contribution in [0.3, 0.4) is 0 Å². The number of pyridine rings is 2. The van der Waals surface area contributed by atoms with Crippen molar-refractivity contribution in [3.63, 3.8) is 0 Å². The summed E-state index contributed by atoms with van der Waals surface area (Å²) in [5.41, 5.74) is 4.10. The van der Waals surface area contributed by atoms with Gasteiger partial charge in [0.15, 0.2) is 5.65 Å². The molecule has 0 spiro atoms. The van der Waals surface area contributed by atoms with Crippen LogP contribution in [0, 0.1) is 19.8 Å². The van der Waals surface area contributed by atoms with Crippen LogP contribution in [-0.4, -0.2) is 46.1 Å². The summed E-state index contributed by atoms with van der Waals surface area (Å²) < 4.78 is 0. The second-order valence-electron chi connectivity index (χ2n) is 10.2. The van der Waals surface area contributed by atoms with E-state index in [9.17, 15) is 4.79 Å². The van der Waals surface area contributed by atoms with Crippen molar-refractivity contribution in [3.05, 3.63) is 64.3 Å². The number of fused-ring (bicyclic) bond motifs is 1. The molecule has 0 bridgehead atoms. The topological polar surface area (TPSA) is 70.2 Å². The van der Waals surface area contributed by atoms with Gasteiger partial charge in [-0.1, -0.05) is 23.7 Å². The Hall–Kier alpha value is -2.70. The van der Waals surface area contributed by atoms with E-state index in [4.69, 9.17) is 11.6 Å². The second-order valence-corrected chi connectivity index (χ2v) is 10.6. The van der Waals surface area contributed by atoms with Crippen LogP contribution in [0.25, 0.3) is 11.0 Å². The number of nitrogens with zero attached hydrogens (tertiary/aromatic N) is 3. The fourth-order valence-corrected chi connectivity index (χ4v) is 5.94. The minimum absolute atomic E-state index is 0.172. The fraction of sp³-hybridized carbons (Fsp3) is 0.464. The average Bonchev–Trinajstić information content (AvgIpc) is 3.28. The molecule has 184 valence electrons. The van der Waals surface area contributed by atoms with Crippen LogP contribution >= 0.6 is 11.6 Å². The lowest BCUT2D eigenvalue weighted by molar-refractivity contribution is 0.119. The molecular formula is C28H34ClN5O. The molecule has 7 heteroatoms. The predicted octanol–water partition coefficient (Wildman–Crippen LogP) is 5.90. The van der Waals surface area contributed by atoms with Crippen molar-refractivity contribution >= 4 is 34.5 Å². The molecule has 0 radical (unpaired) electrons. The molecule has 6 nitrogen and oxygen atoms in total. The number of hydrogen-bond donors (Lipinski definition) is 2. The number of carbonyl (C=O) groups excluding carboxylic acids is 1. The summed E-state index contributed by atoms with van der Waals surface area (Å²) in [6.07, 6.45) is 6.83. The molecule has 1 aliphatic heterocycles. The van der Waals surface area contributed by atoms with Gasteiger partial charge in [0.2, 0.25) is 0 Å². The van der Waals surface area contributed by atoms with E-state index in [0.29, 0.717) is 23.4 Å². The Morgan fingerprint density at radius 2 is 1.80 bits per heavy atom. The summed E-state index contributed by atoms with van der Waals surface area (Å²) in [5.74, 6) is 1.24. The van der Waals surface area contributed by atoms with Crippen LogP contribution in [0.15, 0.2) is 42.5 Å². The molecule has 3 heterocycles. The highest BCUT2D eigenvalue weighted by Gasteiger charge is 2.35. The number of amides is 2. The molecule has 2 aliphatic rings. The largest absolute Gasteiger partial charge is 0.334 e. The van der Waals surface area contributed by atoms with Gasteiger partial charge < -0.3 is 5.32 Å². The summed E-state index contributed by atoms with van der Waals surface area (Å²) in [5, 5.41) is 7.98. The summed E-state index contributed by atoms with van der Waals surface area (Å²) in [4.78, 5) is 24.5. The number of hydrogen-bond acceptors (Lipinski definition) is 4. The first kappa shape index (κ1) is 24.0. The number of aryl methyl sites for hydroxylation is 2. The van der Waals surface area contributed by atoms with E-state index in [1.807, 2.05) is 37.3 Å². The molecule has 1 aliphatic carbocycles. The first-order valence-corrected chi connectivity index (χ1v) is 13.1. The number of aromatic nitrogens is 2. The molecule has 1 saturated heterocycles. The molecule has 3 aromatic rings. The van der Waals surface area contributed by atoms with E-state index in [-0.39, 0.29) is 12.1 Å². The maximum Gasteiger partial charge on any atom is 0.320 e. The maximum absolute atomic E-state index is 12.8. The quantitative estimate of drug-likeness (QED) is 0.466. The van der Waals surface area contributed by atoms with Crippen molar-refractivity contribution in [1.82, 2.24) is 20.2 Å². The molecule has 2 atom stereocenters. The van der Waals surface area contributed by atoms with Gasteiger partial charge in [-0.3, -0.25) is 10.2 Å². The summed E-state index contributed by atoms with van der Waals surface area (Å²) in [7, 11) is 0. The van der Waals surface area contributed by atoms with Crippen molar-refractivity contribution in [2.24, 2.45) is 5.92 Å². The Kier molecular flexibility index (Phi) is 7.21. The molecule has 2 amide bonds. The summed E-state index contributed by atoms with van der Waals surface area (Å²) >= 11 is 6.03. The van der Waals surface area contributed by atoms with Gasteiger partial charge in [0, 0.05) is 28.2 Å². The van der Waals surface area contributed by atoms with Crippen molar-refractivity contribution in [3.8, 4) is 0 Å². The zero-order valence-electron chi connectivity index (χ0n) is 20.6. The van der Waals surface area contributed by atoms with E-state index in [1.54, 1.807) is 0 Å². The van der Waals surface area contributed by atoms with Gasteiger partial charge in [0.1, 0.15) is 5.82 Å². The second kappa shape index (κ2) is 10.5.